The van der Waals surface area contributed by atoms with Gasteiger partial charge in [-0.05, 0) is 33.4 Å². The van der Waals surface area contributed by atoms with E-state index in [9.17, 15) is 9.59 Å². The zero-order chi connectivity index (χ0) is 10.0. The molecule has 3 nitrogen and oxygen atoms in total. The van der Waals surface area contributed by atoms with E-state index >= 15 is 0 Å². The maximum Gasteiger partial charge on any atom is 0.210 e. The van der Waals surface area contributed by atoms with E-state index in [1.165, 1.54) is 0 Å². The maximum atomic E-state index is 10.7. The van der Waals surface area contributed by atoms with E-state index in [-0.39, 0.29) is 17.5 Å². The molecule has 1 fully saturated rings. The summed E-state index contributed by atoms with van der Waals surface area (Å²) in [5, 5.41) is 0. The van der Waals surface area contributed by atoms with Gasteiger partial charge in [0, 0.05) is 6.04 Å². The third kappa shape index (κ3) is 2.37. The smallest absolute Gasteiger partial charge is 0.210 e. The summed E-state index contributed by atoms with van der Waals surface area (Å²) in [6.45, 7) is 8.18. The Morgan fingerprint density at radius 3 is 2.15 bits per heavy atom. The molecule has 0 aromatic rings. The average Bonchev–Trinajstić information content (AvgIpc) is 2.62. The van der Waals surface area contributed by atoms with Crippen molar-refractivity contribution in [3.63, 3.8) is 0 Å². The average molecular weight is 183 g/mol. The van der Waals surface area contributed by atoms with Gasteiger partial charge >= 0.3 is 0 Å². The second-order valence-electron chi connectivity index (χ2n) is 3.79. The Balaban J connectivity index is 2.25. The highest BCUT2D eigenvalue weighted by Gasteiger charge is 2.47. The summed E-state index contributed by atoms with van der Waals surface area (Å²) in [6, 6.07) is 0.494. The van der Waals surface area contributed by atoms with E-state index in [0.717, 1.165) is 13.1 Å². The fraction of sp³-hybridized carbons (Fsp3) is 0.800. The number of rotatable bonds is 5. The van der Waals surface area contributed by atoms with Crippen molar-refractivity contribution in [2.75, 3.05) is 13.1 Å². The molecule has 0 heterocycles. The molecule has 0 spiro atoms. The van der Waals surface area contributed by atoms with E-state index in [2.05, 4.69) is 25.7 Å². The Kier molecular flexibility index (Phi) is 3.20. The first-order valence-electron chi connectivity index (χ1n) is 4.90. The van der Waals surface area contributed by atoms with Gasteiger partial charge in [-0.2, -0.15) is 0 Å². The lowest BCUT2D eigenvalue weighted by Crippen LogP contribution is -2.31. The molecule has 1 rings (SSSR count). The molecule has 0 aromatic carbocycles. The van der Waals surface area contributed by atoms with Crippen molar-refractivity contribution in [1.82, 2.24) is 4.90 Å². The molecule has 0 amide bonds. The van der Waals surface area contributed by atoms with Gasteiger partial charge in [0.25, 0.3) is 0 Å². The van der Waals surface area contributed by atoms with Crippen molar-refractivity contribution >= 4 is 11.6 Å². The minimum absolute atomic E-state index is 0.167. The van der Waals surface area contributed by atoms with E-state index in [4.69, 9.17) is 0 Å². The highest BCUT2D eigenvalue weighted by Crippen LogP contribution is 2.23. The Hall–Kier alpha value is -0.700. The Bertz CT molecular complexity index is 209. The molecular formula is C10H17NO2. The van der Waals surface area contributed by atoms with Crippen LogP contribution in [-0.2, 0) is 9.59 Å². The fourth-order valence-corrected chi connectivity index (χ4v) is 1.56. The molecule has 0 aromatic heterocycles. The molecule has 13 heavy (non-hydrogen) atoms. The van der Waals surface area contributed by atoms with Gasteiger partial charge in [0.1, 0.15) is 0 Å². The minimum Gasteiger partial charge on any atom is -0.301 e. The monoisotopic (exact) mass is 183 g/mol. The van der Waals surface area contributed by atoms with Gasteiger partial charge in [-0.1, -0.05) is 6.92 Å². The molecule has 0 saturated heterocycles. The van der Waals surface area contributed by atoms with Gasteiger partial charge < -0.3 is 4.90 Å². The van der Waals surface area contributed by atoms with Crippen LogP contribution in [0, 0.1) is 5.92 Å². The second kappa shape index (κ2) is 4.01. The molecular weight excluding hydrogens is 166 g/mol. The molecule has 3 heteroatoms. The van der Waals surface area contributed by atoms with Crippen molar-refractivity contribution in [2.45, 2.75) is 33.2 Å². The number of Topliss-reactive ketones (excluding diaryl/α,β-unsaturated/α-hetero) is 2. The Morgan fingerprint density at radius 2 is 1.85 bits per heavy atom. The summed E-state index contributed by atoms with van der Waals surface area (Å²) in [6.07, 6.45) is 0.712. The number of nitrogens with zero attached hydrogens (tertiary/aromatic N) is 1. The highest BCUT2D eigenvalue weighted by molar-refractivity contribution is 6.60. The van der Waals surface area contributed by atoms with Crippen molar-refractivity contribution in [3.8, 4) is 0 Å². The normalized spacial score (nSPS) is 17.6. The molecule has 0 unspecified atom stereocenters. The topological polar surface area (TPSA) is 37.4 Å². The van der Waals surface area contributed by atoms with Crippen LogP contribution in [-0.4, -0.2) is 35.6 Å². The molecule has 0 bridgehead atoms. The van der Waals surface area contributed by atoms with Crippen molar-refractivity contribution in [2.24, 2.45) is 5.92 Å². The molecule has 1 saturated carbocycles. The van der Waals surface area contributed by atoms with Crippen LogP contribution in [0.25, 0.3) is 0 Å². The van der Waals surface area contributed by atoms with Gasteiger partial charge in [0.15, 0.2) is 0 Å². The first-order valence-corrected chi connectivity index (χ1v) is 4.90. The number of ketones is 2. The number of carbonyl (C=O) groups excluding carboxylic acids is 2. The van der Waals surface area contributed by atoms with Crippen LogP contribution in [0.2, 0.25) is 0 Å². The molecule has 0 atom stereocenters. The summed E-state index contributed by atoms with van der Waals surface area (Å²) >= 11 is 0. The van der Waals surface area contributed by atoms with Crippen molar-refractivity contribution < 1.29 is 9.59 Å². The first kappa shape index (κ1) is 10.4. The zero-order valence-electron chi connectivity index (χ0n) is 8.54. The summed E-state index contributed by atoms with van der Waals surface area (Å²) in [5.74, 6) is -0.590. The summed E-state index contributed by atoms with van der Waals surface area (Å²) in [5.41, 5.74) is 0. The van der Waals surface area contributed by atoms with Crippen molar-refractivity contribution in [3.05, 3.63) is 0 Å². The van der Waals surface area contributed by atoms with E-state index in [1.54, 1.807) is 0 Å². The lowest BCUT2D eigenvalue weighted by atomic mass is 10.2. The third-order valence-corrected chi connectivity index (χ3v) is 2.63. The quantitative estimate of drug-likeness (QED) is 0.469. The van der Waals surface area contributed by atoms with E-state index in [1.807, 2.05) is 0 Å². The number of hydrogen-bond donors (Lipinski definition) is 0. The largest absolute Gasteiger partial charge is 0.301 e. The van der Waals surface area contributed by atoms with Gasteiger partial charge in [-0.25, -0.2) is 0 Å². The van der Waals surface area contributed by atoms with Crippen molar-refractivity contribution in [1.29, 1.82) is 0 Å². The predicted molar refractivity (Wildman–Crippen MR) is 50.5 cm³/mol. The number of carbonyl (C=O) groups is 2. The Morgan fingerprint density at radius 1 is 1.31 bits per heavy atom. The Labute approximate surface area is 79.1 Å². The van der Waals surface area contributed by atoms with Crippen LogP contribution < -0.4 is 0 Å². The van der Waals surface area contributed by atoms with Gasteiger partial charge in [-0.15, -0.1) is 0 Å². The van der Waals surface area contributed by atoms with E-state index in [0.29, 0.717) is 12.5 Å². The SMILES string of the molecule is CCN(CCC1C(=O)C1=O)C(C)C. The van der Waals surface area contributed by atoms with Gasteiger partial charge in [0.05, 0.1) is 5.92 Å². The van der Waals surface area contributed by atoms with Crippen LogP contribution in [0.3, 0.4) is 0 Å². The third-order valence-electron chi connectivity index (χ3n) is 2.63. The molecule has 1 aliphatic rings. The molecule has 74 valence electrons. The predicted octanol–water partition coefficient (Wildman–Crippen LogP) is 0.875. The highest BCUT2D eigenvalue weighted by atomic mass is 16.2. The first-order chi connectivity index (χ1) is 6.07. The van der Waals surface area contributed by atoms with Crippen LogP contribution in [0.15, 0.2) is 0 Å². The lowest BCUT2D eigenvalue weighted by molar-refractivity contribution is -0.122. The zero-order valence-corrected chi connectivity index (χ0v) is 8.54. The van der Waals surface area contributed by atoms with Crippen LogP contribution in [0.4, 0.5) is 0 Å². The minimum atomic E-state index is -0.257. The summed E-state index contributed by atoms with van der Waals surface area (Å²) < 4.78 is 0. The molecule has 0 N–H and O–H groups in total. The van der Waals surface area contributed by atoms with Gasteiger partial charge in [0.2, 0.25) is 11.6 Å². The lowest BCUT2D eigenvalue weighted by Gasteiger charge is -2.24. The van der Waals surface area contributed by atoms with Gasteiger partial charge in [-0.3, -0.25) is 9.59 Å². The van der Waals surface area contributed by atoms with Crippen LogP contribution >= 0.6 is 0 Å². The summed E-state index contributed by atoms with van der Waals surface area (Å²) in [7, 11) is 0. The molecule has 1 aliphatic carbocycles. The standard InChI is InChI=1S/C10H17NO2/c1-4-11(7(2)3)6-5-8-9(12)10(8)13/h7-8H,4-6H2,1-3H3. The maximum absolute atomic E-state index is 10.7. The fourth-order valence-electron chi connectivity index (χ4n) is 1.56. The van der Waals surface area contributed by atoms with E-state index < -0.39 is 0 Å². The second-order valence-corrected chi connectivity index (χ2v) is 3.79. The molecule has 0 aliphatic heterocycles. The van der Waals surface area contributed by atoms with Crippen LogP contribution in [0.1, 0.15) is 27.2 Å². The molecule has 0 radical (unpaired) electrons. The van der Waals surface area contributed by atoms with Crippen LogP contribution in [0.5, 0.6) is 0 Å². The number of hydrogen-bond acceptors (Lipinski definition) is 3. The summed E-state index contributed by atoms with van der Waals surface area (Å²) in [4.78, 5) is 23.7.